The summed E-state index contributed by atoms with van der Waals surface area (Å²) in [4.78, 5) is 13.3. The third-order valence-electron chi connectivity index (χ3n) is 4.14. The Morgan fingerprint density at radius 2 is 2.24 bits per heavy atom. The van der Waals surface area contributed by atoms with Gasteiger partial charge in [-0.1, -0.05) is 13.8 Å². The van der Waals surface area contributed by atoms with Crippen molar-refractivity contribution in [3.05, 3.63) is 15.8 Å². The largest absolute Gasteiger partial charge is 0.351 e. The quantitative estimate of drug-likeness (QED) is 0.663. The number of hydrogen-bond donors (Lipinski definition) is 1. The lowest BCUT2D eigenvalue weighted by Gasteiger charge is -2.33. The third-order valence-corrected chi connectivity index (χ3v) is 4.14. The highest BCUT2D eigenvalue weighted by Crippen LogP contribution is 2.37. The van der Waals surface area contributed by atoms with E-state index in [4.69, 9.17) is 5.73 Å². The fraction of sp³-hybridized carbons (Fsp3) is 0.786. The summed E-state index contributed by atoms with van der Waals surface area (Å²) in [6, 6.07) is 0. The summed E-state index contributed by atoms with van der Waals surface area (Å²) >= 11 is 0. The molecule has 0 saturated carbocycles. The van der Waals surface area contributed by atoms with E-state index >= 15 is 0 Å². The first-order valence-corrected chi connectivity index (χ1v) is 7.62. The lowest BCUT2D eigenvalue weighted by Crippen LogP contribution is -2.37. The maximum absolute atomic E-state index is 11.5. The number of nitrogens with two attached hydrogens (primary N) is 1. The minimum Gasteiger partial charge on any atom is -0.351 e. The molecule has 0 radical (unpaired) electrons. The molecule has 0 bridgehead atoms. The monoisotopic (exact) mass is 295 g/mol. The van der Waals surface area contributed by atoms with Gasteiger partial charge in [-0.3, -0.25) is 10.1 Å². The molecule has 1 unspecified atom stereocenters. The Kier molecular flexibility index (Phi) is 4.82. The summed E-state index contributed by atoms with van der Waals surface area (Å²) in [5.41, 5.74) is 6.39. The Morgan fingerprint density at radius 1 is 1.52 bits per heavy atom. The number of piperidine rings is 1. The van der Waals surface area contributed by atoms with Crippen molar-refractivity contribution in [2.75, 3.05) is 24.5 Å². The Hall–Kier alpha value is -1.63. The van der Waals surface area contributed by atoms with Crippen molar-refractivity contribution in [1.82, 2.24) is 9.78 Å². The summed E-state index contributed by atoms with van der Waals surface area (Å²) in [5, 5.41) is 15.9. The smallest absolute Gasteiger partial charge is 0.334 e. The van der Waals surface area contributed by atoms with Gasteiger partial charge in [0.1, 0.15) is 5.69 Å². The lowest BCUT2D eigenvalue weighted by atomic mass is 9.95. The van der Waals surface area contributed by atoms with E-state index in [1.807, 2.05) is 13.8 Å². The third kappa shape index (κ3) is 3.18. The summed E-state index contributed by atoms with van der Waals surface area (Å²) < 4.78 is 1.66. The first kappa shape index (κ1) is 15.8. The van der Waals surface area contributed by atoms with E-state index in [1.54, 1.807) is 11.7 Å². The summed E-state index contributed by atoms with van der Waals surface area (Å²) in [7, 11) is 1.79. The van der Waals surface area contributed by atoms with Crippen molar-refractivity contribution >= 4 is 11.5 Å². The topological polar surface area (TPSA) is 90.2 Å². The molecular weight excluding hydrogens is 270 g/mol. The van der Waals surface area contributed by atoms with Crippen LogP contribution in [-0.4, -0.2) is 34.3 Å². The van der Waals surface area contributed by atoms with Gasteiger partial charge < -0.3 is 10.6 Å². The van der Waals surface area contributed by atoms with E-state index in [0.29, 0.717) is 24.0 Å². The average Bonchev–Trinajstić information content (AvgIpc) is 2.77. The van der Waals surface area contributed by atoms with Gasteiger partial charge in [-0.25, -0.2) is 4.68 Å². The highest BCUT2D eigenvalue weighted by atomic mass is 16.6. The van der Waals surface area contributed by atoms with Crippen LogP contribution >= 0.6 is 0 Å². The van der Waals surface area contributed by atoms with Crippen LogP contribution in [0.2, 0.25) is 0 Å². The number of aryl methyl sites for hydroxylation is 1. The van der Waals surface area contributed by atoms with Crippen LogP contribution in [0.3, 0.4) is 0 Å². The molecule has 2 N–H and O–H groups in total. The summed E-state index contributed by atoms with van der Waals surface area (Å²) in [6.45, 7) is 6.22. The molecule has 118 valence electrons. The fourth-order valence-corrected chi connectivity index (χ4v) is 3.17. The van der Waals surface area contributed by atoms with E-state index < -0.39 is 0 Å². The molecule has 7 heteroatoms. The van der Waals surface area contributed by atoms with E-state index in [0.717, 1.165) is 32.4 Å². The SMILES string of the molecule is CC(C)c1nn(C)c(N2CCCC(CCN)C2)c1[N+](=O)[O-]. The number of anilines is 1. The molecule has 2 rings (SSSR count). The molecule has 1 saturated heterocycles. The Morgan fingerprint density at radius 3 is 2.81 bits per heavy atom. The molecular formula is C14H25N5O2. The molecule has 7 nitrogen and oxygen atoms in total. The van der Waals surface area contributed by atoms with Gasteiger partial charge >= 0.3 is 5.69 Å². The van der Waals surface area contributed by atoms with Crippen LogP contribution in [0.15, 0.2) is 0 Å². The Balaban J connectivity index is 2.36. The van der Waals surface area contributed by atoms with Crippen LogP contribution < -0.4 is 10.6 Å². The van der Waals surface area contributed by atoms with Crippen molar-refractivity contribution < 1.29 is 4.92 Å². The molecule has 1 fully saturated rings. The molecule has 1 aliphatic heterocycles. The van der Waals surface area contributed by atoms with E-state index in [9.17, 15) is 10.1 Å². The molecule has 0 aromatic carbocycles. The molecule has 1 atom stereocenters. The van der Waals surface area contributed by atoms with Gasteiger partial charge in [0.15, 0.2) is 0 Å². The predicted molar refractivity (Wildman–Crippen MR) is 82.6 cm³/mol. The van der Waals surface area contributed by atoms with Gasteiger partial charge in [0.25, 0.3) is 0 Å². The van der Waals surface area contributed by atoms with Crippen LogP contribution in [-0.2, 0) is 7.05 Å². The standard InChI is InChI=1S/C14H25N5O2/c1-10(2)12-13(19(20)21)14(17(3)16-12)18-8-4-5-11(9-18)6-7-15/h10-11H,4-9,15H2,1-3H3. The van der Waals surface area contributed by atoms with Gasteiger partial charge in [-0.05, 0) is 31.7 Å². The number of rotatable bonds is 5. The van der Waals surface area contributed by atoms with Crippen molar-refractivity contribution in [2.45, 2.75) is 39.0 Å². The predicted octanol–water partition coefficient (Wildman–Crippen LogP) is 2.02. The number of nitrogens with zero attached hydrogens (tertiary/aromatic N) is 4. The summed E-state index contributed by atoms with van der Waals surface area (Å²) in [6.07, 6.45) is 3.17. The zero-order valence-corrected chi connectivity index (χ0v) is 13.1. The normalized spacial score (nSPS) is 19.3. The van der Waals surface area contributed by atoms with Crippen LogP contribution in [0, 0.1) is 16.0 Å². The molecule has 0 amide bonds. The maximum Gasteiger partial charge on any atom is 0.334 e. The van der Waals surface area contributed by atoms with Gasteiger partial charge in [-0.15, -0.1) is 0 Å². The summed E-state index contributed by atoms with van der Waals surface area (Å²) in [5.74, 6) is 1.20. The van der Waals surface area contributed by atoms with Gasteiger partial charge in [-0.2, -0.15) is 5.10 Å². The highest BCUT2D eigenvalue weighted by Gasteiger charge is 2.33. The van der Waals surface area contributed by atoms with Crippen molar-refractivity contribution in [3.8, 4) is 0 Å². The number of hydrogen-bond acceptors (Lipinski definition) is 5. The van der Waals surface area contributed by atoms with Crippen molar-refractivity contribution in [2.24, 2.45) is 18.7 Å². The second-order valence-electron chi connectivity index (χ2n) is 6.12. The molecule has 2 heterocycles. The van der Waals surface area contributed by atoms with Crippen LogP contribution in [0.5, 0.6) is 0 Å². The second-order valence-corrected chi connectivity index (χ2v) is 6.12. The molecule has 21 heavy (non-hydrogen) atoms. The Bertz CT molecular complexity index is 510. The van der Waals surface area contributed by atoms with Crippen LogP contribution in [0.4, 0.5) is 11.5 Å². The van der Waals surface area contributed by atoms with E-state index in [1.165, 1.54) is 0 Å². The van der Waals surface area contributed by atoms with Crippen molar-refractivity contribution in [3.63, 3.8) is 0 Å². The van der Waals surface area contributed by atoms with Crippen molar-refractivity contribution in [1.29, 1.82) is 0 Å². The Labute approximate surface area is 125 Å². The van der Waals surface area contributed by atoms with E-state index in [2.05, 4.69) is 10.00 Å². The maximum atomic E-state index is 11.5. The minimum absolute atomic E-state index is 0.0370. The average molecular weight is 295 g/mol. The van der Waals surface area contributed by atoms with Gasteiger partial charge in [0.2, 0.25) is 5.82 Å². The van der Waals surface area contributed by atoms with Gasteiger partial charge in [0.05, 0.1) is 4.92 Å². The fourth-order valence-electron chi connectivity index (χ4n) is 3.17. The molecule has 1 aromatic heterocycles. The highest BCUT2D eigenvalue weighted by molar-refractivity contribution is 5.62. The zero-order valence-electron chi connectivity index (χ0n) is 13.1. The minimum atomic E-state index is -0.287. The number of aromatic nitrogens is 2. The second kappa shape index (κ2) is 6.43. The molecule has 1 aromatic rings. The van der Waals surface area contributed by atoms with Gasteiger partial charge in [0, 0.05) is 26.1 Å². The lowest BCUT2D eigenvalue weighted by molar-refractivity contribution is -0.385. The van der Waals surface area contributed by atoms with Crippen LogP contribution in [0.25, 0.3) is 0 Å². The number of nitro groups is 1. The zero-order chi connectivity index (χ0) is 15.6. The first-order valence-electron chi connectivity index (χ1n) is 7.62. The first-order chi connectivity index (χ1) is 9.95. The van der Waals surface area contributed by atoms with Crippen LogP contribution in [0.1, 0.15) is 44.7 Å². The van der Waals surface area contributed by atoms with E-state index in [-0.39, 0.29) is 16.5 Å². The molecule has 0 spiro atoms. The molecule has 0 aliphatic carbocycles. The molecule has 1 aliphatic rings.